The van der Waals surface area contributed by atoms with E-state index < -0.39 is 0 Å². The Morgan fingerprint density at radius 3 is 2.25 bits per heavy atom. The van der Waals surface area contributed by atoms with Crippen molar-refractivity contribution in [1.29, 1.82) is 0 Å². The van der Waals surface area contributed by atoms with Crippen LogP contribution in [0.4, 0.5) is 0 Å². The van der Waals surface area contributed by atoms with Gasteiger partial charge in [-0.1, -0.05) is 36.4 Å². The van der Waals surface area contributed by atoms with Gasteiger partial charge in [-0.3, -0.25) is 0 Å². The highest BCUT2D eigenvalue weighted by molar-refractivity contribution is 8.93. The maximum atomic E-state index is 5.26. The molecule has 3 nitrogen and oxygen atoms in total. The zero-order chi connectivity index (χ0) is 15.6. The molecule has 0 bridgehead atoms. The number of hydrogen-bond donors (Lipinski definition) is 0. The molecule has 0 aliphatic rings. The number of halogens is 1. The number of imidazole rings is 1. The standard InChI is InChI=1S/C20H17N2O.BrH/c1-23-18-12-10-17(11-13-18)22-15-21-14-6-5-9-19(21)20(22)16-7-3-2-4-8-16;/h2-15H,1H3;1H/q+1;. The molecule has 4 rings (SSSR count). The van der Waals surface area contributed by atoms with Gasteiger partial charge in [-0.2, -0.15) is 4.57 Å². The maximum absolute atomic E-state index is 5.26. The average Bonchev–Trinajstić information content (AvgIpc) is 3.02. The van der Waals surface area contributed by atoms with Crippen LogP contribution in [0.25, 0.3) is 22.5 Å². The van der Waals surface area contributed by atoms with Gasteiger partial charge in [-0.05, 0) is 36.4 Å². The van der Waals surface area contributed by atoms with Gasteiger partial charge in [0.2, 0.25) is 0 Å². The van der Waals surface area contributed by atoms with Crippen LogP contribution in [0.2, 0.25) is 0 Å². The van der Waals surface area contributed by atoms with E-state index in [-0.39, 0.29) is 17.0 Å². The molecule has 120 valence electrons. The first-order chi connectivity index (χ1) is 11.4. The number of nitrogens with zero attached hydrogens (tertiary/aromatic N) is 2. The molecular formula is C20H18BrN2O+. The molecule has 0 radical (unpaired) electrons. The Balaban J connectivity index is 0.00000169. The molecule has 0 fully saturated rings. The van der Waals surface area contributed by atoms with E-state index in [4.69, 9.17) is 4.74 Å². The Hall–Kier alpha value is -2.59. The third-order valence-electron chi connectivity index (χ3n) is 4.01. The van der Waals surface area contributed by atoms with E-state index in [1.807, 2.05) is 24.3 Å². The first-order valence-corrected chi connectivity index (χ1v) is 7.58. The summed E-state index contributed by atoms with van der Waals surface area (Å²) in [4.78, 5) is 0. The van der Waals surface area contributed by atoms with Crippen LogP contribution in [0.1, 0.15) is 0 Å². The SMILES string of the molecule is Br.COc1ccc(-n2c[n+]3ccccc3c2-c2ccccc2)cc1. The second-order valence-corrected chi connectivity index (χ2v) is 5.39. The topological polar surface area (TPSA) is 18.3 Å². The molecule has 0 spiro atoms. The minimum absolute atomic E-state index is 0. The largest absolute Gasteiger partial charge is 0.497 e. The number of ether oxygens (including phenoxy) is 1. The van der Waals surface area contributed by atoms with E-state index in [0.29, 0.717) is 0 Å². The fourth-order valence-corrected chi connectivity index (χ4v) is 2.88. The highest BCUT2D eigenvalue weighted by Gasteiger charge is 2.20. The average molecular weight is 382 g/mol. The number of hydrogen-bond acceptors (Lipinski definition) is 1. The Morgan fingerprint density at radius 1 is 0.833 bits per heavy atom. The lowest BCUT2D eigenvalue weighted by Crippen LogP contribution is -2.16. The molecular weight excluding hydrogens is 364 g/mol. The van der Waals surface area contributed by atoms with Crippen LogP contribution in [0.15, 0.2) is 85.3 Å². The summed E-state index contributed by atoms with van der Waals surface area (Å²) in [6.07, 6.45) is 4.18. The van der Waals surface area contributed by atoms with Gasteiger partial charge in [0, 0.05) is 5.56 Å². The van der Waals surface area contributed by atoms with Crippen LogP contribution in [0.5, 0.6) is 5.75 Å². The minimum Gasteiger partial charge on any atom is -0.497 e. The smallest absolute Gasteiger partial charge is 0.254 e. The summed E-state index contributed by atoms with van der Waals surface area (Å²) >= 11 is 0. The molecule has 4 aromatic rings. The van der Waals surface area contributed by atoms with Crippen molar-refractivity contribution in [3.8, 4) is 22.7 Å². The van der Waals surface area contributed by atoms with Crippen LogP contribution in [0.3, 0.4) is 0 Å². The molecule has 2 aromatic carbocycles. The van der Waals surface area contributed by atoms with E-state index in [2.05, 4.69) is 70.0 Å². The number of benzene rings is 2. The zero-order valence-corrected chi connectivity index (χ0v) is 15.0. The van der Waals surface area contributed by atoms with Crippen LogP contribution in [-0.4, -0.2) is 11.7 Å². The minimum atomic E-state index is 0. The summed E-state index contributed by atoms with van der Waals surface area (Å²) in [7, 11) is 1.68. The molecule has 0 aliphatic heterocycles. The summed E-state index contributed by atoms with van der Waals surface area (Å²) in [5.41, 5.74) is 4.65. The molecule has 0 N–H and O–H groups in total. The lowest BCUT2D eigenvalue weighted by Gasteiger charge is -2.03. The van der Waals surface area contributed by atoms with Crippen molar-refractivity contribution in [2.45, 2.75) is 0 Å². The Morgan fingerprint density at radius 2 is 1.54 bits per heavy atom. The van der Waals surface area contributed by atoms with Gasteiger partial charge < -0.3 is 4.74 Å². The summed E-state index contributed by atoms with van der Waals surface area (Å²) in [5.74, 6) is 0.861. The van der Waals surface area contributed by atoms with Gasteiger partial charge in [0.1, 0.15) is 11.4 Å². The summed E-state index contributed by atoms with van der Waals surface area (Å²) in [5, 5.41) is 0. The van der Waals surface area contributed by atoms with Gasteiger partial charge >= 0.3 is 0 Å². The Kier molecular flexibility index (Phi) is 4.67. The van der Waals surface area contributed by atoms with Crippen molar-refractivity contribution >= 4 is 22.5 Å². The molecule has 0 saturated heterocycles. The van der Waals surface area contributed by atoms with Crippen molar-refractivity contribution in [1.82, 2.24) is 4.57 Å². The molecule has 0 amide bonds. The fourth-order valence-electron chi connectivity index (χ4n) is 2.88. The summed E-state index contributed by atoms with van der Waals surface area (Å²) < 4.78 is 9.62. The number of rotatable bonds is 3. The van der Waals surface area contributed by atoms with Crippen LogP contribution in [-0.2, 0) is 0 Å². The number of aromatic nitrogens is 2. The summed E-state index contributed by atoms with van der Waals surface area (Å²) in [6.45, 7) is 0. The molecule has 2 aromatic heterocycles. The van der Waals surface area contributed by atoms with Crippen LogP contribution >= 0.6 is 17.0 Å². The maximum Gasteiger partial charge on any atom is 0.254 e. The second kappa shape index (κ2) is 6.89. The highest BCUT2D eigenvalue weighted by atomic mass is 79.9. The first kappa shape index (κ1) is 16.3. The third-order valence-corrected chi connectivity index (χ3v) is 4.01. The van der Waals surface area contributed by atoms with Crippen LogP contribution in [0, 0.1) is 0 Å². The third kappa shape index (κ3) is 2.81. The fraction of sp³-hybridized carbons (Fsp3) is 0.0500. The molecule has 0 aliphatic carbocycles. The van der Waals surface area contributed by atoms with Crippen molar-refractivity contribution in [2.24, 2.45) is 0 Å². The van der Waals surface area contributed by atoms with E-state index in [9.17, 15) is 0 Å². The van der Waals surface area contributed by atoms with Gasteiger partial charge in [0.25, 0.3) is 6.33 Å². The van der Waals surface area contributed by atoms with E-state index in [1.165, 1.54) is 16.8 Å². The van der Waals surface area contributed by atoms with E-state index in [1.54, 1.807) is 7.11 Å². The van der Waals surface area contributed by atoms with Gasteiger partial charge in [0.05, 0.1) is 13.3 Å². The van der Waals surface area contributed by atoms with Gasteiger partial charge in [0.15, 0.2) is 11.2 Å². The predicted molar refractivity (Wildman–Crippen MR) is 101 cm³/mol. The Bertz CT molecular complexity index is 946. The molecule has 0 saturated carbocycles. The van der Waals surface area contributed by atoms with Crippen molar-refractivity contribution in [3.05, 3.63) is 85.3 Å². The van der Waals surface area contributed by atoms with Gasteiger partial charge in [-0.15, -0.1) is 17.0 Å². The normalized spacial score (nSPS) is 10.4. The quantitative estimate of drug-likeness (QED) is 0.478. The summed E-state index contributed by atoms with van der Waals surface area (Å²) in [6, 6.07) is 24.8. The molecule has 2 heterocycles. The zero-order valence-electron chi connectivity index (χ0n) is 13.3. The molecule has 0 atom stereocenters. The van der Waals surface area contributed by atoms with Crippen molar-refractivity contribution < 1.29 is 9.14 Å². The van der Waals surface area contributed by atoms with Gasteiger partial charge in [-0.25, -0.2) is 4.40 Å². The molecule has 4 heteroatoms. The van der Waals surface area contributed by atoms with Crippen LogP contribution < -0.4 is 9.14 Å². The molecule has 24 heavy (non-hydrogen) atoms. The lowest BCUT2D eigenvalue weighted by molar-refractivity contribution is -0.511. The highest BCUT2D eigenvalue weighted by Crippen LogP contribution is 2.27. The number of fused-ring (bicyclic) bond motifs is 1. The lowest BCUT2D eigenvalue weighted by atomic mass is 10.1. The first-order valence-electron chi connectivity index (χ1n) is 7.58. The van der Waals surface area contributed by atoms with E-state index in [0.717, 1.165) is 11.4 Å². The number of pyridine rings is 1. The van der Waals surface area contributed by atoms with Crippen molar-refractivity contribution in [2.75, 3.05) is 7.11 Å². The van der Waals surface area contributed by atoms with E-state index >= 15 is 0 Å². The monoisotopic (exact) mass is 381 g/mol. The molecule has 0 unspecified atom stereocenters. The van der Waals surface area contributed by atoms with Crippen molar-refractivity contribution in [3.63, 3.8) is 0 Å². The second-order valence-electron chi connectivity index (χ2n) is 5.39. The predicted octanol–water partition coefficient (Wildman–Crippen LogP) is 4.47. The number of methoxy groups -OCH3 is 1. The Labute approximate surface area is 151 Å².